The summed E-state index contributed by atoms with van der Waals surface area (Å²) < 4.78 is 0. The standard InChI is InChI=1S/C16H29N3S/c1-5-6-9-17-12-13-14(16(2,3)4)18-15(20-13)19-10-7-8-11-19/h17H,5-12H2,1-4H3. The number of nitrogens with one attached hydrogen (secondary N) is 1. The van der Waals surface area contributed by atoms with Crippen LogP contribution in [-0.4, -0.2) is 24.6 Å². The molecule has 2 rings (SSSR count). The Morgan fingerprint density at radius 2 is 1.95 bits per heavy atom. The first-order chi connectivity index (χ1) is 9.52. The van der Waals surface area contributed by atoms with Gasteiger partial charge < -0.3 is 10.2 Å². The largest absolute Gasteiger partial charge is 0.348 e. The molecule has 1 N–H and O–H groups in total. The average Bonchev–Trinajstić information content (AvgIpc) is 3.02. The van der Waals surface area contributed by atoms with Gasteiger partial charge in [-0.15, -0.1) is 11.3 Å². The van der Waals surface area contributed by atoms with Gasteiger partial charge in [-0.25, -0.2) is 4.98 Å². The molecule has 0 aromatic carbocycles. The summed E-state index contributed by atoms with van der Waals surface area (Å²) in [5, 5.41) is 4.81. The first-order valence-electron chi connectivity index (χ1n) is 7.98. The Hall–Kier alpha value is -0.610. The molecule has 20 heavy (non-hydrogen) atoms. The summed E-state index contributed by atoms with van der Waals surface area (Å²) in [5.41, 5.74) is 1.42. The second kappa shape index (κ2) is 6.90. The molecule has 0 spiro atoms. The number of anilines is 1. The van der Waals surface area contributed by atoms with Crippen LogP contribution in [0.25, 0.3) is 0 Å². The van der Waals surface area contributed by atoms with Crippen LogP contribution in [-0.2, 0) is 12.0 Å². The maximum atomic E-state index is 4.97. The summed E-state index contributed by atoms with van der Waals surface area (Å²) in [6, 6.07) is 0. The van der Waals surface area contributed by atoms with Crippen molar-refractivity contribution in [2.75, 3.05) is 24.5 Å². The van der Waals surface area contributed by atoms with Crippen molar-refractivity contribution in [1.82, 2.24) is 10.3 Å². The Bertz CT molecular complexity index is 414. The van der Waals surface area contributed by atoms with Gasteiger partial charge in [0.15, 0.2) is 5.13 Å². The summed E-state index contributed by atoms with van der Waals surface area (Å²) >= 11 is 1.89. The van der Waals surface area contributed by atoms with Crippen molar-refractivity contribution >= 4 is 16.5 Å². The molecule has 0 radical (unpaired) electrons. The predicted molar refractivity (Wildman–Crippen MR) is 88.9 cm³/mol. The lowest BCUT2D eigenvalue weighted by molar-refractivity contribution is 0.557. The number of hydrogen-bond acceptors (Lipinski definition) is 4. The molecule has 0 saturated carbocycles. The molecule has 0 amide bonds. The van der Waals surface area contributed by atoms with Crippen LogP contribution in [0, 0.1) is 0 Å². The molecule has 1 aliphatic heterocycles. The quantitative estimate of drug-likeness (QED) is 0.806. The number of rotatable bonds is 6. The second-order valence-electron chi connectivity index (χ2n) is 6.74. The summed E-state index contributed by atoms with van der Waals surface area (Å²) in [5.74, 6) is 0. The molecule has 0 unspecified atom stereocenters. The van der Waals surface area contributed by atoms with Gasteiger partial charge in [0.05, 0.1) is 5.69 Å². The zero-order chi connectivity index (χ0) is 14.6. The van der Waals surface area contributed by atoms with Crippen molar-refractivity contribution in [3.63, 3.8) is 0 Å². The third-order valence-electron chi connectivity index (χ3n) is 3.77. The lowest BCUT2D eigenvalue weighted by atomic mass is 9.91. The van der Waals surface area contributed by atoms with Crippen molar-refractivity contribution in [3.8, 4) is 0 Å². The highest BCUT2D eigenvalue weighted by Gasteiger charge is 2.25. The Kier molecular flexibility index (Phi) is 5.44. The van der Waals surface area contributed by atoms with E-state index in [4.69, 9.17) is 4.98 Å². The summed E-state index contributed by atoms with van der Waals surface area (Å²) in [7, 11) is 0. The highest BCUT2D eigenvalue weighted by Crippen LogP contribution is 2.35. The molecule has 4 heteroatoms. The topological polar surface area (TPSA) is 28.2 Å². The monoisotopic (exact) mass is 295 g/mol. The Labute approximate surface area is 127 Å². The lowest BCUT2D eigenvalue weighted by Gasteiger charge is -2.18. The van der Waals surface area contributed by atoms with Crippen LogP contribution in [0.4, 0.5) is 5.13 Å². The second-order valence-corrected chi connectivity index (χ2v) is 7.80. The van der Waals surface area contributed by atoms with Crippen molar-refractivity contribution in [2.24, 2.45) is 0 Å². The molecule has 1 saturated heterocycles. The fourth-order valence-electron chi connectivity index (χ4n) is 2.59. The minimum Gasteiger partial charge on any atom is -0.348 e. The van der Waals surface area contributed by atoms with Crippen LogP contribution >= 0.6 is 11.3 Å². The minimum atomic E-state index is 0.135. The zero-order valence-corrected chi connectivity index (χ0v) is 14.3. The number of nitrogens with zero attached hydrogens (tertiary/aromatic N) is 2. The van der Waals surface area contributed by atoms with Crippen LogP contribution < -0.4 is 10.2 Å². The zero-order valence-electron chi connectivity index (χ0n) is 13.5. The fraction of sp³-hybridized carbons (Fsp3) is 0.812. The van der Waals surface area contributed by atoms with Gasteiger partial charge in [0.25, 0.3) is 0 Å². The molecule has 3 nitrogen and oxygen atoms in total. The van der Waals surface area contributed by atoms with Gasteiger partial charge >= 0.3 is 0 Å². The van der Waals surface area contributed by atoms with Crippen LogP contribution in [0.3, 0.4) is 0 Å². The van der Waals surface area contributed by atoms with Gasteiger partial charge in [-0.2, -0.15) is 0 Å². The highest BCUT2D eigenvalue weighted by molar-refractivity contribution is 7.15. The highest BCUT2D eigenvalue weighted by atomic mass is 32.1. The Balaban J connectivity index is 2.10. The Morgan fingerprint density at radius 3 is 2.55 bits per heavy atom. The smallest absolute Gasteiger partial charge is 0.185 e. The van der Waals surface area contributed by atoms with E-state index in [1.807, 2.05) is 11.3 Å². The molecule has 1 aromatic rings. The van der Waals surface area contributed by atoms with E-state index >= 15 is 0 Å². The van der Waals surface area contributed by atoms with E-state index in [2.05, 4.69) is 37.9 Å². The van der Waals surface area contributed by atoms with Gasteiger partial charge in [0, 0.05) is 29.9 Å². The van der Waals surface area contributed by atoms with Crippen molar-refractivity contribution in [3.05, 3.63) is 10.6 Å². The van der Waals surface area contributed by atoms with Gasteiger partial charge in [-0.3, -0.25) is 0 Å². The number of unbranched alkanes of at least 4 members (excludes halogenated alkanes) is 1. The number of aromatic nitrogens is 1. The SMILES string of the molecule is CCCCNCc1sc(N2CCCC2)nc1C(C)(C)C. The van der Waals surface area contributed by atoms with E-state index in [-0.39, 0.29) is 5.41 Å². The molecule has 1 fully saturated rings. The predicted octanol–water partition coefficient (Wildman–Crippen LogP) is 3.93. The molecule has 0 aliphatic carbocycles. The average molecular weight is 295 g/mol. The van der Waals surface area contributed by atoms with Crippen molar-refractivity contribution in [1.29, 1.82) is 0 Å². The first kappa shape index (κ1) is 15.8. The van der Waals surface area contributed by atoms with E-state index in [1.54, 1.807) is 0 Å². The van der Waals surface area contributed by atoms with Crippen molar-refractivity contribution in [2.45, 2.75) is 65.3 Å². The van der Waals surface area contributed by atoms with E-state index in [9.17, 15) is 0 Å². The third kappa shape index (κ3) is 3.95. The summed E-state index contributed by atoms with van der Waals surface area (Å²) in [6.45, 7) is 13.5. The van der Waals surface area contributed by atoms with E-state index in [0.29, 0.717) is 0 Å². The van der Waals surface area contributed by atoms with E-state index in [1.165, 1.54) is 54.5 Å². The van der Waals surface area contributed by atoms with Gasteiger partial charge in [0.1, 0.15) is 0 Å². The van der Waals surface area contributed by atoms with Crippen LogP contribution in [0.15, 0.2) is 0 Å². The molecule has 1 aliphatic rings. The third-order valence-corrected chi connectivity index (χ3v) is 4.88. The molecule has 0 atom stereocenters. The van der Waals surface area contributed by atoms with Crippen LogP contribution in [0.1, 0.15) is 63.9 Å². The van der Waals surface area contributed by atoms with Crippen LogP contribution in [0.5, 0.6) is 0 Å². The summed E-state index contributed by atoms with van der Waals surface area (Å²) in [4.78, 5) is 8.85. The van der Waals surface area contributed by atoms with Crippen LogP contribution in [0.2, 0.25) is 0 Å². The molecule has 0 bridgehead atoms. The molecule has 2 heterocycles. The maximum absolute atomic E-state index is 4.97. The Morgan fingerprint density at radius 1 is 1.25 bits per heavy atom. The van der Waals surface area contributed by atoms with Gasteiger partial charge in [-0.05, 0) is 25.8 Å². The fourth-order valence-corrected chi connectivity index (χ4v) is 3.88. The molecule has 114 valence electrons. The summed E-state index contributed by atoms with van der Waals surface area (Å²) in [6.07, 6.45) is 5.13. The first-order valence-corrected chi connectivity index (χ1v) is 8.80. The van der Waals surface area contributed by atoms with Crippen molar-refractivity contribution < 1.29 is 0 Å². The molecular formula is C16H29N3S. The van der Waals surface area contributed by atoms with E-state index in [0.717, 1.165) is 13.1 Å². The maximum Gasteiger partial charge on any atom is 0.185 e. The van der Waals surface area contributed by atoms with Gasteiger partial charge in [-0.1, -0.05) is 34.1 Å². The number of thiazole rings is 1. The minimum absolute atomic E-state index is 0.135. The van der Waals surface area contributed by atoms with E-state index < -0.39 is 0 Å². The molecular weight excluding hydrogens is 266 g/mol. The van der Waals surface area contributed by atoms with Gasteiger partial charge in [0.2, 0.25) is 0 Å². The normalized spacial score (nSPS) is 16.1. The lowest BCUT2D eigenvalue weighted by Crippen LogP contribution is -2.20. The molecule has 1 aromatic heterocycles. The number of hydrogen-bond donors (Lipinski definition) is 1.